The SMILES string of the molecule is CC(C)c1c(Cl)nc(Cc2ccncc2)nc1Cl. The lowest BCUT2D eigenvalue weighted by Crippen LogP contribution is -2.03. The summed E-state index contributed by atoms with van der Waals surface area (Å²) in [6.45, 7) is 4.03. The van der Waals surface area contributed by atoms with Crippen LogP contribution < -0.4 is 0 Å². The lowest BCUT2D eigenvalue weighted by atomic mass is 10.1. The van der Waals surface area contributed by atoms with Crippen molar-refractivity contribution < 1.29 is 0 Å². The van der Waals surface area contributed by atoms with Crippen molar-refractivity contribution in [2.24, 2.45) is 0 Å². The standard InChI is InChI=1S/C13H13Cl2N3/c1-8(2)11-12(14)17-10(18-13(11)15)7-9-3-5-16-6-4-9/h3-6,8H,7H2,1-2H3. The predicted octanol–water partition coefficient (Wildman–Crippen LogP) is 3.89. The molecule has 0 fully saturated rings. The number of pyridine rings is 1. The minimum atomic E-state index is 0.208. The Kier molecular flexibility index (Phi) is 4.15. The van der Waals surface area contributed by atoms with Gasteiger partial charge < -0.3 is 0 Å². The van der Waals surface area contributed by atoms with Crippen LogP contribution in [0, 0.1) is 0 Å². The second-order valence-corrected chi connectivity index (χ2v) is 5.04. The van der Waals surface area contributed by atoms with Gasteiger partial charge in [0.15, 0.2) is 0 Å². The second kappa shape index (κ2) is 5.63. The highest BCUT2D eigenvalue weighted by atomic mass is 35.5. The summed E-state index contributed by atoms with van der Waals surface area (Å²) in [5.74, 6) is 0.834. The summed E-state index contributed by atoms with van der Waals surface area (Å²) in [6.07, 6.45) is 4.07. The molecular weight excluding hydrogens is 269 g/mol. The van der Waals surface area contributed by atoms with Crippen molar-refractivity contribution in [3.05, 3.63) is 51.8 Å². The van der Waals surface area contributed by atoms with E-state index in [1.807, 2.05) is 26.0 Å². The number of hydrogen-bond donors (Lipinski definition) is 0. The fourth-order valence-corrected chi connectivity index (χ4v) is 2.55. The van der Waals surface area contributed by atoms with Gasteiger partial charge >= 0.3 is 0 Å². The van der Waals surface area contributed by atoms with Gasteiger partial charge in [-0.3, -0.25) is 4.98 Å². The molecule has 0 atom stereocenters. The lowest BCUT2D eigenvalue weighted by molar-refractivity contribution is 0.830. The van der Waals surface area contributed by atoms with E-state index in [0.29, 0.717) is 22.6 Å². The van der Waals surface area contributed by atoms with Crippen molar-refractivity contribution in [1.29, 1.82) is 0 Å². The molecule has 0 radical (unpaired) electrons. The van der Waals surface area contributed by atoms with Gasteiger partial charge in [-0.05, 0) is 23.6 Å². The van der Waals surface area contributed by atoms with E-state index >= 15 is 0 Å². The zero-order chi connectivity index (χ0) is 13.1. The first-order chi connectivity index (χ1) is 8.58. The maximum absolute atomic E-state index is 6.15. The Balaban J connectivity index is 2.31. The molecule has 94 valence electrons. The van der Waals surface area contributed by atoms with Crippen LogP contribution in [0.15, 0.2) is 24.5 Å². The van der Waals surface area contributed by atoms with Crippen LogP contribution in [0.1, 0.15) is 36.7 Å². The molecule has 0 saturated heterocycles. The van der Waals surface area contributed by atoms with Crippen LogP contribution in [-0.4, -0.2) is 15.0 Å². The van der Waals surface area contributed by atoms with E-state index in [0.717, 1.165) is 11.1 Å². The molecule has 2 aromatic heterocycles. The largest absolute Gasteiger partial charge is 0.265 e. The molecule has 2 rings (SSSR count). The van der Waals surface area contributed by atoms with Crippen molar-refractivity contribution in [2.45, 2.75) is 26.2 Å². The maximum Gasteiger partial charge on any atom is 0.137 e. The van der Waals surface area contributed by atoms with Gasteiger partial charge in [-0.25, -0.2) is 9.97 Å². The molecule has 0 spiro atoms. The Labute approximate surface area is 116 Å². The summed E-state index contributed by atoms with van der Waals surface area (Å²) < 4.78 is 0. The first-order valence-corrected chi connectivity index (χ1v) is 6.44. The summed E-state index contributed by atoms with van der Waals surface area (Å²) in [5, 5.41) is 0.878. The summed E-state index contributed by atoms with van der Waals surface area (Å²) in [6, 6.07) is 3.84. The van der Waals surface area contributed by atoms with Gasteiger partial charge in [0, 0.05) is 24.4 Å². The van der Waals surface area contributed by atoms with Crippen LogP contribution in [0.25, 0.3) is 0 Å². The van der Waals surface area contributed by atoms with Gasteiger partial charge in [0.25, 0.3) is 0 Å². The molecule has 0 saturated carbocycles. The Morgan fingerprint density at radius 1 is 1.06 bits per heavy atom. The van der Waals surface area contributed by atoms with E-state index < -0.39 is 0 Å². The van der Waals surface area contributed by atoms with E-state index in [1.165, 1.54) is 0 Å². The van der Waals surface area contributed by atoms with Crippen LogP contribution in [0.5, 0.6) is 0 Å². The van der Waals surface area contributed by atoms with Crippen LogP contribution in [-0.2, 0) is 6.42 Å². The van der Waals surface area contributed by atoms with Gasteiger partial charge in [0.2, 0.25) is 0 Å². The first-order valence-electron chi connectivity index (χ1n) is 5.68. The first kappa shape index (κ1) is 13.2. The molecule has 0 N–H and O–H groups in total. The highest BCUT2D eigenvalue weighted by Crippen LogP contribution is 2.28. The minimum Gasteiger partial charge on any atom is -0.265 e. The molecule has 2 heterocycles. The third kappa shape index (κ3) is 2.98. The smallest absolute Gasteiger partial charge is 0.137 e. The van der Waals surface area contributed by atoms with Crippen molar-refractivity contribution >= 4 is 23.2 Å². The van der Waals surface area contributed by atoms with Crippen LogP contribution in [0.3, 0.4) is 0 Å². The number of aromatic nitrogens is 3. The van der Waals surface area contributed by atoms with E-state index in [-0.39, 0.29) is 5.92 Å². The third-order valence-corrected chi connectivity index (χ3v) is 3.16. The van der Waals surface area contributed by atoms with Crippen molar-refractivity contribution in [1.82, 2.24) is 15.0 Å². The summed E-state index contributed by atoms with van der Waals surface area (Å²) >= 11 is 12.3. The monoisotopic (exact) mass is 281 g/mol. The van der Waals surface area contributed by atoms with Gasteiger partial charge in [-0.2, -0.15) is 0 Å². The zero-order valence-electron chi connectivity index (χ0n) is 10.2. The second-order valence-electron chi connectivity index (χ2n) is 4.32. The van der Waals surface area contributed by atoms with Crippen LogP contribution >= 0.6 is 23.2 Å². The molecule has 0 unspecified atom stereocenters. The van der Waals surface area contributed by atoms with E-state index in [9.17, 15) is 0 Å². The number of rotatable bonds is 3. The van der Waals surface area contributed by atoms with Crippen molar-refractivity contribution in [2.75, 3.05) is 0 Å². The van der Waals surface area contributed by atoms with E-state index in [1.54, 1.807) is 12.4 Å². The van der Waals surface area contributed by atoms with E-state index in [2.05, 4.69) is 15.0 Å². The molecule has 0 bridgehead atoms. The molecule has 0 aliphatic rings. The zero-order valence-corrected chi connectivity index (χ0v) is 11.7. The normalized spacial score (nSPS) is 10.9. The average Bonchev–Trinajstić information content (AvgIpc) is 2.28. The number of hydrogen-bond acceptors (Lipinski definition) is 3. The molecule has 5 heteroatoms. The molecule has 18 heavy (non-hydrogen) atoms. The van der Waals surface area contributed by atoms with E-state index in [4.69, 9.17) is 23.2 Å². The van der Waals surface area contributed by atoms with Gasteiger partial charge in [-0.15, -0.1) is 0 Å². The summed E-state index contributed by atoms with van der Waals surface area (Å²) in [7, 11) is 0. The van der Waals surface area contributed by atoms with Crippen LogP contribution in [0.4, 0.5) is 0 Å². The predicted molar refractivity (Wildman–Crippen MR) is 73.2 cm³/mol. The molecule has 0 aliphatic heterocycles. The number of nitrogens with zero attached hydrogens (tertiary/aromatic N) is 3. The minimum absolute atomic E-state index is 0.208. The molecule has 0 amide bonds. The maximum atomic E-state index is 6.15. The Morgan fingerprint density at radius 2 is 1.61 bits per heavy atom. The average molecular weight is 282 g/mol. The molecule has 0 aliphatic carbocycles. The fourth-order valence-electron chi connectivity index (χ4n) is 1.70. The Morgan fingerprint density at radius 3 is 2.11 bits per heavy atom. The van der Waals surface area contributed by atoms with Gasteiger partial charge in [0.1, 0.15) is 16.1 Å². The highest BCUT2D eigenvalue weighted by molar-refractivity contribution is 6.34. The summed E-state index contributed by atoms with van der Waals surface area (Å²) in [4.78, 5) is 12.6. The summed E-state index contributed by atoms with van der Waals surface area (Å²) in [5.41, 5.74) is 1.88. The third-order valence-electron chi connectivity index (χ3n) is 2.59. The highest BCUT2D eigenvalue weighted by Gasteiger charge is 2.14. The van der Waals surface area contributed by atoms with Crippen molar-refractivity contribution in [3.63, 3.8) is 0 Å². The van der Waals surface area contributed by atoms with Crippen LogP contribution in [0.2, 0.25) is 10.3 Å². The Bertz CT molecular complexity index is 518. The topological polar surface area (TPSA) is 38.7 Å². The quantitative estimate of drug-likeness (QED) is 0.801. The molecule has 2 aromatic rings. The van der Waals surface area contributed by atoms with Gasteiger partial charge in [0.05, 0.1) is 0 Å². The number of halogens is 2. The molecule has 0 aromatic carbocycles. The van der Waals surface area contributed by atoms with Gasteiger partial charge in [-0.1, -0.05) is 37.0 Å². The lowest BCUT2D eigenvalue weighted by Gasteiger charge is -2.10. The fraction of sp³-hybridized carbons (Fsp3) is 0.308. The molecule has 3 nitrogen and oxygen atoms in total. The van der Waals surface area contributed by atoms with Crippen molar-refractivity contribution in [3.8, 4) is 0 Å². The molecular formula is C13H13Cl2N3. The Hall–Kier alpha value is -1.19.